The lowest BCUT2D eigenvalue weighted by molar-refractivity contribution is 0.0986. The van der Waals surface area contributed by atoms with Crippen LogP contribution >= 0.6 is 51.3 Å². The Morgan fingerprint density at radius 1 is 1.21 bits per heavy atom. The van der Waals surface area contributed by atoms with Gasteiger partial charge in [0.05, 0.1) is 16.0 Å². The zero-order chi connectivity index (χ0) is 19.5. The molecule has 0 saturated carbocycles. The number of amides is 1. The smallest absolute Gasteiger partial charge is 0.260 e. The van der Waals surface area contributed by atoms with Crippen molar-refractivity contribution in [2.45, 2.75) is 13.0 Å². The van der Waals surface area contributed by atoms with Gasteiger partial charge in [-0.3, -0.25) is 9.69 Å². The first-order chi connectivity index (χ1) is 13.6. The van der Waals surface area contributed by atoms with Gasteiger partial charge in [0.25, 0.3) is 5.91 Å². The number of benzene rings is 2. The first-order valence-corrected chi connectivity index (χ1v) is 10.7. The second-order valence-electron chi connectivity index (χ2n) is 6.20. The van der Waals surface area contributed by atoms with E-state index in [1.807, 2.05) is 53.2 Å². The van der Waals surface area contributed by atoms with Crippen molar-refractivity contribution >= 4 is 72.5 Å². The Hall–Kier alpha value is -1.93. The molecule has 0 atom stereocenters. The highest BCUT2D eigenvalue weighted by Crippen LogP contribution is 2.33. The molecule has 0 aliphatic rings. The Kier molecular flexibility index (Phi) is 7.29. The van der Waals surface area contributed by atoms with Crippen molar-refractivity contribution in [3.8, 4) is 0 Å². The molecule has 0 bridgehead atoms. The standard InChI is InChI=1S/C20H16BrClN4OS.ClH/c21-15-7-5-14(6-8-15)19(27)26(11-2-10-25-12-9-23-13-25)20-24-18-16(22)3-1-4-17(18)28-20;/h1,3-9,12-13H,2,10-11H2;1H. The highest BCUT2D eigenvalue weighted by atomic mass is 79.9. The summed E-state index contributed by atoms with van der Waals surface area (Å²) in [6.07, 6.45) is 6.22. The van der Waals surface area contributed by atoms with Gasteiger partial charge in [-0.25, -0.2) is 9.97 Å². The highest BCUT2D eigenvalue weighted by Gasteiger charge is 2.21. The molecule has 9 heteroatoms. The first kappa shape index (κ1) is 21.8. The molecule has 150 valence electrons. The topological polar surface area (TPSA) is 51.0 Å². The van der Waals surface area contributed by atoms with Gasteiger partial charge in [-0.1, -0.05) is 44.9 Å². The fourth-order valence-corrected chi connectivity index (χ4v) is 4.44. The number of rotatable bonds is 6. The van der Waals surface area contributed by atoms with Crippen molar-refractivity contribution < 1.29 is 4.79 Å². The van der Waals surface area contributed by atoms with Crippen LogP contribution in [0.2, 0.25) is 5.02 Å². The Morgan fingerprint density at radius 2 is 2.00 bits per heavy atom. The number of aryl methyl sites for hydroxylation is 1. The van der Waals surface area contributed by atoms with Crippen LogP contribution in [-0.2, 0) is 6.54 Å². The van der Waals surface area contributed by atoms with E-state index in [-0.39, 0.29) is 18.3 Å². The van der Waals surface area contributed by atoms with Gasteiger partial charge < -0.3 is 4.57 Å². The molecule has 2 heterocycles. The number of para-hydroxylation sites is 1. The van der Waals surface area contributed by atoms with Gasteiger partial charge in [-0.15, -0.1) is 12.4 Å². The quantitative estimate of drug-likeness (QED) is 0.315. The number of fused-ring (bicyclic) bond motifs is 1. The molecule has 4 aromatic rings. The molecule has 0 N–H and O–H groups in total. The summed E-state index contributed by atoms with van der Waals surface area (Å²) in [6.45, 7) is 1.32. The maximum atomic E-state index is 13.2. The minimum atomic E-state index is -0.0756. The Balaban J connectivity index is 0.00000240. The molecule has 0 aliphatic carbocycles. The molecule has 0 radical (unpaired) electrons. The van der Waals surface area contributed by atoms with E-state index in [0.717, 1.165) is 27.7 Å². The Bertz CT molecular complexity index is 1100. The van der Waals surface area contributed by atoms with Crippen molar-refractivity contribution in [2.75, 3.05) is 11.4 Å². The van der Waals surface area contributed by atoms with Crippen LogP contribution in [0.15, 0.2) is 65.7 Å². The molecule has 0 fully saturated rings. The number of hydrogen-bond donors (Lipinski definition) is 0. The molecular formula is C20H17BrCl2N4OS. The van der Waals surface area contributed by atoms with Crippen molar-refractivity contribution in [2.24, 2.45) is 0 Å². The second kappa shape index (κ2) is 9.71. The van der Waals surface area contributed by atoms with Crippen LogP contribution in [-0.4, -0.2) is 27.0 Å². The van der Waals surface area contributed by atoms with Gasteiger partial charge in [0.15, 0.2) is 5.13 Å². The fourth-order valence-electron chi connectivity index (χ4n) is 2.88. The number of aromatic nitrogens is 3. The third-order valence-electron chi connectivity index (χ3n) is 4.28. The lowest BCUT2D eigenvalue weighted by Gasteiger charge is -2.20. The summed E-state index contributed by atoms with van der Waals surface area (Å²) in [5.41, 5.74) is 1.35. The normalized spacial score (nSPS) is 10.7. The molecule has 29 heavy (non-hydrogen) atoms. The predicted octanol–water partition coefficient (Wildman–Crippen LogP) is 6.07. The summed E-state index contributed by atoms with van der Waals surface area (Å²) in [5.74, 6) is -0.0756. The lowest BCUT2D eigenvalue weighted by Crippen LogP contribution is -2.32. The van der Waals surface area contributed by atoms with E-state index < -0.39 is 0 Å². The summed E-state index contributed by atoms with van der Waals surface area (Å²) in [4.78, 5) is 23.7. The maximum Gasteiger partial charge on any atom is 0.260 e. The SMILES string of the molecule is Cl.O=C(c1ccc(Br)cc1)N(CCCn1ccnc1)c1nc2c(Cl)cccc2s1. The van der Waals surface area contributed by atoms with Crippen molar-refractivity contribution in [1.82, 2.24) is 14.5 Å². The van der Waals surface area contributed by atoms with Crippen LogP contribution < -0.4 is 4.90 Å². The van der Waals surface area contributed by atoms with E-state index >= 15 is 0 Å². The van der Waals surface area contributed by atoms with Gasteiger partial charge in [-0.2, -0.15) is 0 Å². The largest absolute Gasteiger partial charge is 0.337 e. The lowest BCUT2D eigenvalue weighted by atomic mass is 10.2. The first-order valence-electron chi connectivity index (χ1n) is 8.70. The summed E-state index contributed by atoms with van der Waals surface area (Å²) < 4.78 is 3.89. The van der Waals surface area contributed by atoms with Gasteiger partial charge in [0.1, 0.15) is 5.52 Å². The van der Waals surface area contributed by atoms with Crippen LogP contribution in [0.25, 0.3) is 10.2 Å². The molecule has 2 aromatic carbocycles. The average Bonchev–Trinajstić information content (AvgIpc) is 3.36. The highest BCUT2D eigenvalue weighted by molar-refractivity contribution is 9.10. The molecule has 2 aromatic heterocycles. The number of carbonyl (C=O) groups is 1. The molecular weight excluding hydrogens is 495 g/mol. The minimum absolute atomic E-state index is 0. The number of nitrogens with zero attached hydrogens (tertiary/aromatic N) is 4. The van der Waals surface area contributed by atoms with Crippen LogP contribution in [0, 0.1) is 0 Å². The van der Waals surface area contributed by atoms with Crippen molar-refractivity contribution in [3.05, 3.63) is 76.2 Å². The van der Waals surface area contributed by atoms with Crippen molar-refractivity contribution in [3.63, 3.8) is 0 Å². The van der Waals surface area contributed by atoms with Crippen molar-refractivity contribution in [1.29, 1.82) is 0 Å². The third kappa shape index (κ3) is 4.98. The van der Waals surface area contributed by atoms with Gasteiger partial charge in [-0.05, 0) is 42.8 Å². The molecule has 0 unspecified atom stereocenters. The van der Waals surface area contributed by atoms with E-state index in [4.69, 9.17) is 11.6 Å². The van der Waals surface area contributed by atoms with Gasteiger partial charge in [0, 0.05) is 35.5 Å². The van der Waals surface area contributed by atoms with Crippen LogP contribution in [0.1, 0.15) is 16.8 Å². The molecule has 5 nitrogen and oxygen atoms in total. The summed E-state index contributed by atoms with van der Waals surface area (Å²) in [7, 11) is 0. The monoisotopic (exact) mass is 510 g/mol. The van der Waals surface area contributed by atoms with E-state index in [2.05, 4.69) is 25.9 Å². The van der Waals surface area contributed by atoms with E-state index in [1.165, 1.54) is 11.3 Å². The molecule has 0 saturated heterocycles. The minimum Gasteiger partial charge on any atom is -0.337 e. The third-order valence-corrected chi connectivity index (χ3v) is 6.16. The zero-order valence-electron chi connectivity index (χ0n) is 15.2. The number of anilines is 1. The average molecular weight is 512 g/mol. The maximum absolute atomic E-state index is 13.2. The van der Waals surface area contributed by atoms with E-state index in [0.29, 0.717) is 22.3 Å². The van der Waals surface area contributed by atoms with E-state index in [9.17, 15) is 4.79 Å². The number of halogens is 3. The van der Waals surface area contributed by atoms with Crippen LogP contribution in [0.3, 0.4) is 0 Å². The second-order valence-corrected chi connectivity index (χ2v) is 8.53. The number of thiazole rings is 1. The van der Waals surface area contributed by atoms with E-state index in [1.54, 1.807) is 17.4 Å². The summed E-state index contributed by atoms with van der Waals surface area (Å²) >= 11 is 11.2. The summed E-state index contributed by atoms with van der Waals surface area (Å²) in [5, 5.41) is 1.25. The fraction of sp³-hybridized carbons (Fsp3) is 0.150. The number of imidazole rings is 1. The molecule has 1 amide bonds. The van der Waals surface area contributed by atoms with Gasteiger partial charge in [0.2, 0.25) is 0 Å². The van der Waals surface area contributed by atoms with Crippen LogP contribution in [0.5, 0.6) is 0 Å². The molecule has 0 spiro atoms. The predicted molar refractivity (Wildman–Crippen MR) is 125 cm³/mol. The van der Waals surface area contributed by atoms with Crippen LogP contribution in [0.4, 0.5) is 5.13 Å². The van der Waals surface area contributed by atoms with Gasteiger partial charge >= 0.3 is 0 Å². The number of carbonyl (C=O) groups excluding carboxylic acids is 1. The Labute approximate surface area is 191 Å². The molecule has 4 rings (SSSR count). The zero-order valence-corrected chi connectivity index (χ0v) is 19.1. The molecule has 0 aliphatic heterocycles. The Morgan fingerprint density at radius 3 is 2.69 bits per heavy atom. The number of hydrogen-bond acceptors (Lipinski definition) is 4. The summed E-state index contributed by atoms with van der Waals surface area (Å²) in [6, 6.07) is 13.0.